The number of nitrogens with zero attached hydrogens (tertiary/aromatic N) is 6. The molecule has 8 heteroatoms. The van der Waals surface area contributed by atoms with E-state index in [0.717, 1.165) is 43.0 Å². The first-order chi connectivity index (χ1) is 12.7. The number of rotatable bonds is 4. The number of nitrogens with one attached hydrogen (secondary N) is 1. The average molecular weight is 351 g/mol. The minimum atomic E-state index is -0.0126. The minimum Gasteiger partial charge on any atom is -0.355 e. The van der Waals surface area contributed by atoms with Gasteiger partial charge in [-0.1, -0.05) is 0 Å². The van der Waals surface area contributed by atoms with Gasteiger partial charge in [-0.25, -0.2) is 0 Å². The molecular formula is C18H21N7O. The van der Waals surface area contributed by atoms with Gasteiger partial charge in [-0.2, -0.15) is 4.52 Å². The highest BCUT2D eigenvalue weighted by Crippen LogP contribution is 2.23. The van der Waals surface area contributed by atoms with Gasteiger partial charge in [0, 0.05) is 31.4 Å². The van der Waals surface area contributed by atoms with Crippen molar-refractivity contribution in [2.24, 2.45) is 5.92 Å². The lowest BCUT2D eigenvalue weighted by Crippen LogP contribution is -2.41. The molecule has 0 radical (unpaired) electrons. The number of anilines is 1. The molecular weight excluding hydrogens is 330 g/mol. The first kappa shape index (κ1) is 16.4. The topological polar surface area (TPSA) is 88.3 Å². The van der Waals surface area contributed by atoms with E-state index in [1.807, 2.05) is 31.2 Å². The summed E-state index contributed by atoms with van der Waals surface area (Å²) in [5.41, 5.74) is 1.80. The first-order valence-electron chi connectivity index (χ1n) is 8.83. The highest BCUT2D eigenvalue weighted by molar-refractivity contribution is 5.79. The number of piperidine rings is 1. The van der Waals surface area contributed by atoms with Crippen molar-refractivity contribution in [3.05, 3.63) is 48.5 Å². The van der Waals surface area contributed by atoms with Crippen LogP contribution >= 0.6 is 0 Å². The predicted octanol–water partition coefficient (Wildman–Crippen LogP) is 1.61. The fraction of sp³-hybridized carbons (Fsp3) is 0.389. The fourth-order valence-corrected chi connectivity index (χ4v) is 3.32. The summed E-state index contributed by atoms with van der Waals surface area (Å²) in [5, 5.41) is 15.5. The number of hydrogen-bond acceptors (Lipinski definition) is 6. The van der Waals surface area contributed by atoms with E-state index in [1.54, 1.807) is 23.2 Å². The van der Waals surface area contributed by atoms with Crippen molar-refractivity contribution in [3.8, 4) is 0 Å². The van der Waals surface area contributed by atoms with E-state index in [0.29, 0.717) is 0 Å². The van der Waals surface area contributed by atoms with Gasteiger partial charge >= 0.3 is 0 Å². The van der Waals surface area contributed by atoms with Crippen LogP contribution in [-0.4, -0.2) is 43.8 Å². The van der Waals surface area contributed by atoms with Crippen molar-refractivity contribution in [1.29, 1.82) is 0 Å². The molecule has 0 spiro atoms. The Kier molecular flexibility index (Phi) is 4.47. The van der Waals surface area contributed by atoms with Gasteiger partial charge in [0.05, 0.1) is 6.04 Å². The van der Waals surface area contributed by atoms with Crippen molar-refractivity contribution in [2.45, 2.75) is 25.8 Å². The molecule has 1 fully saturated rings. The summed E-state index contributed by atoms with van der Waals surface area (Å²) in [6.07, 6.45) is 6.72. The number of carbonyl (C=O) groups excluding carboxylic acids is 1. The maximum atomic E-state index is 12.6. The van der Waals surface area contributed by atoms with Crippen LogP contribution in [0.1, 0.15) is 31.4 Å². The van der Waals surface area contributed by atoms with Crippen LogP contribution in [0.3, 0.4) is 0 Å². The summed E-state index contributed by atoms with van der Waals surface area (Å²) in [4.78, 5) is 18.8. The second-order valence-corrected chi connectivity index (χ2v) is 6.60. The van der Waals surface area contributed by atoms with Crippen molar-refractivity contribution in [2.75, 3.05) is 18.0 Å². The van der Waals surface area contributed by atoms with E-state index in [9.17, 15) is 4.79 Å². The third-order valence-electron chi connectivity index (χ3n) is 4.90. The van der Waals surface area contributed by atoms with Gasteiger partial charge in [0.2, 0.25) is 5.91 Å². The third-order valence-corrected chi connectivity index (χ3v) is 4.90. The standard InChI is InChI=1S/C18H21N7O/c1-13(14-4-8-19-9-5-14)21-18(26)15-6-10-24(11-7-15)17-3-2-16-22-20-12-25(16)23-17/h2-5,8-9,12-13,15H,6-7,10-11H2,1H3,(H,21,26). The molecule has 1 amide bonds. The van der Waals surface area contributed by atoms with Crippen LogP contribution in [0.2, 0.25) is 0 Å². The molecule has 0 saturated carbocycles. The number of hydrogen-bond donors (Lipinski definition) is 1. The van der Waals surface area contributed by atoms with Gasteiger partial charge in [0.15, 0.2) is 5.65 Å². The van der Waals surface area contributed by atoms with Crippen LogP contribution in [-0.2, 0) is 4.79 Å². The summed E-state index contributed by atoms with van der Waals surface area (Å²) in [7, 11) is 0. The van der Waals surface area contributed by atoms with E-state index in [2.05, 4.69) is 30.5 Å². The van der Waals surface area contributed by atoms with Crippen LogP contribution in [0.15, 0.2) is 43.0 Å². The third kappa shape index (κ3) is 3.35. The van der Waals surface area contributed by atoms with Gasteiger partial charge in [-0.15, -0.1) is 15.3 Å². The lowest BCUT2D eigenvalue weighted by Gasteiger charge is -2.32. The van der Waals surface area contributed by atoms with Crippen molar-refractivity contribution >= 4 is 17.4 Å². The van der Waals surface area contributed by atoms with E-state index >= 15 is 0 Å². The Morgan fingerprint density at radius 2 is 1.96 bits per heavy atom. The minimum absolute atomic E-state index is 0.0126. The molecule has 4 rings (SSSR count). The molecule has 4 heterocycles. The highest BCUT2D eigenvalue weighted by Gasteiger charge is 2.26. The number of fused-ring (bicyclic) bond motifs is 1. The smallest absolute Gasteiger partial charge is 0.223 e. The maximum Gasteiger partial charge on any atom is 0.223 e. The molecule has 0 aliphatic carbocycles. The number of carbonyl (C=O) groups is 1. The number of amides is 1. The quantitative estimate of drug-likeness (QED) is 0.768. The fourth-order valence-electron chi connectivity index (χ4n) is 3.32. The summed E-state index contributed by atoms with van der Waals surface area (Å²) < 4.78 is 1.67. The number of aromatic nitrogens is 5. The highest BCUT2D eigenvalue weighted by atomic mass is 16.1. The second-order valence-electron chi connectivity index (χ2n) is 6.60. The van der Waals surface area contributed by atoms with Crippen LogP contribution in [0.25, 0.3) is 5.65 Å². The summed E-state index contributed by atoms with van der Waals surface area (Å²) >= 11 is 0. The van der Waals surface area contributed by atoms with E-state index in [-0.39, 0.29) is 17.9 Å². The summed E-state index contributed by atoms with van der Waals surface area (Å²) in [6.45, 7) is 3.62. The Balaban J connectivity index is 1.34. The van der Waals surface area contributed by atoms with E-state index in [1.165, 1.54) is 0 Å². The molecule has 1 aliphatic heterocycles. The molecule has 26 heavy (non-hydrogen) atoms. The summed E-state index contributed by atoms with van der Waals surface area (Å²) in [5.74, 6) is 1.05. The molecule has 1 atom stereocenters. The van der Waals surface area contributed by atoms with Crippen LogP contribution < -0.4 is 10.2 Å². The molecule has 0 bridgehead atoms. The first-order valence-corrected chi connectivity index (χ1v) is 8.83. The van der Waals surface area contributed by atoms with Crippen LogP contribution in [0.4, 0.5) is 5.82 Å². The molecule has 3 aromatic heterocycles. The second kappa shape index (κ2) is 7.07. The van der Waals surface area contributed by atoms with Crippen molar-refractivity contribution in [1.82, 2.24) is 30.1 Å². The van der Waals surface area contributed by atoms with Crippen LogP contribution in [0, 0.1) is 5.92 Å². The van der Waals surface area contributed by atoms with E-state index < -0.39 is 0 Å². The predicted molar refractivity (Wildman–Crippen MR) is 96.5 cm³/mol. The molecule has 1 aliphatic rings. The lowest BCUT2D eigenvalue weighted by molar-refractivity contribution is -0.126. The van der Waals surface area contributed by atoms with Crippen molar-refractivity contribution in [3.63, 3.8) is 0 Å². The maximum absolute atomic E-state index is 12.6. The molecule has 134 valence electrons. The van der Waals surface area contributed by atoms with Crippen LogP contribution in [0.5, 0.6) is 0 Å². The molecule has 1 saturated heterocycles. The van der Waals surface area contributed by atoms with Gasteiger partial charge in [-0.05, 0) is 49.6 Å². The average Bonchev–Trinajstić information content (AvgIpc) is 3.16. The van der Waals surface area contributed by atoms with Crippen molar-refractivity contribution < 1.29 is 4.79 Å². The zero-order valence-corrected chi connectivity index (χ0v) is 14.6. The van der Waals surface area contributed by atoms with Gasteiger partial charge in [0.1, 0.15) is 12.1 Å². The molecule has 1 N–H and O–H groups in total. The van der Waals surface area contributed by atoms with Gasteiger partial charge < -0.3 is 10.2 Å². The summed E-state index contributed by atoms with van der Waals surface area (Å²) in [6, 6.07) is 7.71. The number of pyridine rings is 1. The lowest BCUT2D eigenvalue weighted by atomic mass is 9.95. The Hall–Kier alpha value is -3.03. The molecule has 8 nitrogen and oxygen atoms in total. The van der Waals surface area contributed by atoms with E-state index in [4.69, 9.17) is 0 Å². The van der Waals surface area contributed by atoms with Gasteiger partial charge in [0.25, 0.3) is 0 Å². The van der Waals surface area contributed by atoms with Gasteiger partial charge in [-0.3, -0.25) is 9.78 Å². The Labute approximate surface area is 151 Å². The zero-order chi connectivity index (χ0) is 17.9. The normalized spacial score (nSPS) is 16.6. The SMILES string of the molecule is CC(NC(=O)C1CCN(c2ccc3nncn3n2)CC1)c1ccncc1. The Morgan fingerprint density at radius 3 is 2.73 bits per heavy atom. The molecule has 1 unspecified atom stereocenters. The molecule has 0 aromatic carbocycles. The monoisotopic (exact) mass is 351 g/mol. The Bertz CT molecular complexity index is 887. The molecule has 3 aromatic rings. The largest absolute Gasteiger partial charge is 0.355 e. The Morgan fingerprint density at radius 1 is 1.19 bits per heavy atom. The zero-order valence-electron chi connectivity index (χ0n) is 14.6.